The smallest absolute Gasteiger partial charge is 0.257 e. The van der Waals surface area contributed by atoms with Crippen molar-refractivity contribution in [1.82, 2.24) is 19.9 Å². The van der Waals surface area contributed by atoms with Gasteiger partial charge in [0.05, 0.1) is 12.2 Å². The molecule has 5 nitrogen and oxygen atoms in total. The van der Waals surface area contributed by atoms with Crippen LogP contribution in [0, 0.1) is 20.8 Å². The standard InChI is InChI=1S/C27H28N4O/c1-17-11-13-20(14-12-17)15-23-18(2)29-26-24(16-28-31(26)19(23)3)27(32)30-25-10-6-8-21-7-4-5-9-22(21)25/h4-5,7,9,11-14,16,25H,6,8,10,15H2,1-3H3,(H,30,32). The number of aromatic nitrogens is 3. The van der Waals surface area contributed by atoms with E-state index in [4.69, 9.17) is 4.98 Å². The second kappa shape index (κ2) is 8.23. The highest BCUT2D eigenvalue weighted by molar-refractivity contribution is 6.00. The molecule has 1 atom stereocenters. The molecule has 5 rings (SSSR count). The molecular weight excluding hydrogens is 396 g/mol. The van der Waals surface area contributed by atoms with Crippen LogP contribution in [-0.4, -0.2) is 20.5 Å². The Morgan fingerprint density at radius 3 is 2.69 bits per heavy atom. The Labute approximate surface area is 188 Å². The molecule has 32 heavy (non-hydrogen) atoms. The molecule has 1 amide bonds. The Hall–Kier alpha value is -3.47. The Kier molecular flexibility index (Phi) is 5.25. The lowest BCUT2D eigenvalue weighted by atomic mass is 9.87. The molecule has 1 unspecified atom stereocenters. The minimum atomic E-state index is -0.112. The Morgan fingerprint density at radius 2 is 1.88 bits per heavy atom. The van der Waals surface area contributed by atoms with Crippen molar-refractivity contribution >= 4 is 11.6 Å². The average molecular weight is 425 g/mol. The Morgan fingerprint density at radius 1 is 1.09 bits per heavy atom. The number of rotatable bonds is 4. The summed E-state index contributed by atoms with van der Waals surface area (Å²) in [6.07, 6.45) is 5.54. The summed E-state index contributed by atoms with van der Waals surface area (Å²) in [5.74, 6) is -0.112. The third-order valence-electron chi connectivity index (χ3n) is 6.63. The van der Waals surface area contributed by atoms with E-state index in [9.17, 15) is 4.79 Å². The SMILES string of the molecule is Cc1ccc(Cc2c(C)nc3c(C(=O)NC4CCCc5ccccc54)cnn3c2C)cc1. The van der Waals surface area contributed by atoms with Gasteiger partial charge in [-0.2, -0.15) is 5.10 Å². The number of benzene rings is 2. The maximum absolute atomic E-state index is 13.2. The monoisotopic (exact) mass is 424 g/mol. The minimum Gasteiger partial charge on any atom is -0.345 e. The van der Waals surface area contributed by atoms with Gasteiger partial charge < -0.3 is 5.32 Å². The highest BCUT2D eigenvalue weighted by atomic mass is 16.1. The Balaban J connectivity index is 1.45. The fourth-order valence-electron chi connectivity index (χ4n) is 4.78. The van der Waals surface area contributed by atoms with Crippen LogP contribution >= 0.6 is 0 Å². The first-order valence-corrected chi connectivity index (χ1v) is 11.3. The van der Waals surface area contributed by atoms with Crippen molar-refractivity contribution in [2.24, 2.45) is 0 Å². The van der Waals surface area contributed by atoms with Crippen LogP contribution < -0.4 is 5.32 Å². The van der Waals surface area contributed by atoms with Crippen LogP contribution in [0.1, 0.15) is 68.4 Å². The molecule has 0 bridgehead atoms. The number of hydrogen-bond acceptors (Lipinski definition) is 3. The van der Waals surface area contributed by atoms with E-state index in [1.807, 2.05) is 13.0 Å². The van der Waals surface area contributed by atoms with E-state index in [0.29, 0.717) is 11.2 Å². The number of hydrogen-bond donors (Lipinski definition) is 1. The summed E-state index contributed by atoms with van der Waals surface area (Å²) in [4.78, 5) is 18.0. The van der Waals surface area contributed by atoms with Crippen LogP contribution in [0.3, 0.4) is 0 Å². The van der Waals surface area contributed by atoms with Gasteiger partial charge in [0.1, 0.15) is 5.56 Å². The molecule has 2 heterocycles. The molecular formula is C27H28N4O. The number of nitrogens with one attached hydrogen (secondary N) is 1. The van der Waals surface area contributed by atoms with Gasteiger partial charge in [0, 0.05) is 17.8 Å². The van der Waals surface area contributed by atoms with Crippen molar-refractivity contribution in [2.45, 2.75) is 52.5 Å². The maximum Gasteiger partial charge on any atom is 0.257 e. The number of amides is 1. The van der Waals surface area contributed by atoms with Gasteiger partial charge in [0.15, 0.2) is 5.65 Å². The van der Waals surface area contributed by atoms with Crippen molar-refractivity contribution in [2.75, 3.05) is 0 Å². The predicted octanol–water partition coefficient (Wildman–Crippen LogP) is 5.05. The normalized spacial score (nSPS) is 15.5. The zero-order valence-electron chi connectivity index (χ0n) is 18.9. The second-order valence-electron chi connectivity index (χ2n) is 8.83. The topological polar surface area (TPSA) is 59.3 Å². The van der Waals surface area contributed by atoms with Gasteiger partial charge in [-0.05, 0) is 62.3 Å². The van der Waals surface area contributed by atoms with Gasteiger partial charge in [-0.15, -0.1) is 0 Å². The molecule has 0 fully saturated rings. The number of nitrogens with zero attached hydrogens (tertiary/aromatic N) is 3. The van der Waals surface area contributed by atoms with Crippen LogP contribution in [0.2, 0.25) is 0 Å². The lowest BCUT2D eigenvalue weighted by Crippen LogP contribution is -2.31. The van der Waals surface area contributed by atoms with Crippen LogP contribution in [0.5, 0.6) is 0 Å². The summed E-state index contributed by atoms with van der Waals surface area (Å²) >= 11 is 0. The van der Waals surface area contributed by atoms with Gasteiger partial charge in [0.2, 0.25) is 0 Å². The number of fused-ring (bicyclic) bond motifs is 2. The molecule has 0 saturated heterocycles. The van der Waals surface area contributed by atoms with Gasteiger partial charge >= 0.3 is 0 Å². The van der Waals surface area contributed by atoms with Crippen molar-refractivity contribution in [3.8, 4) is 0 Å². The molecule has 0 spiro atoms. The van der Waals surface area contributed by atoms with E-state index in [1.165, 1.54) is 22.3 Å². The van der Waals surface area contributed by atoms with Gasteiger partial charge in [-0.1, -0.05) is 54.1 Å². The molecule has 4 aromatic rings. The average Bonchev–Trinajstić information content (AvgIpc) is 3.22. The molecule has 2 aromatic carbocycles. The number of carbonyl (C=O) groups excluding carboxylic acids is 1. The Bertz CT molecular complexity index is 1300. The maximum atomic E-state index is 13.2. The van der Waals surface area contributed by atoms with Crippen LogP contribution in [0.25, 0.3) is 5.65 Å². The van der Waals surface area contributed by atoms with Crippen LogP contribution in [-0.2, 0) is 12.8 Å². The highest BCUT2D eigenvalue weighted by Gasteiger charge is 2.24. The van der Waals surface area contributed by atoms with Crippen molar-refractivity contribution in [3.05, 3.63) is 99.5 Å². The van der Waals surface area contributed by atoms with Crippen LogP contribution in [0.15, 0.2) is 54.7 Å². The zero-order chi connectivity index (χ0) is 22.2. The predicted molar refractivity (Wildman–Crippen MR) is 126 cm³/mol. The molecule has 162 valence electrons. The fourth-order valence-corrected chi connectivity index (χ4v) is 4.78. The molecule has 0 radical (unpaired) electrons. The minimum absolute atomic E-state index is 0.0328. The molecule has 5 heteroatoms. The summed E-state index contributed by atoms with van der Waals surface area (Å²) in [5, 5.41) is 7.76. The van der Waals surface area contributed by atoms with E-state index in [-0.39, 0.29) is 11.9 Å². The van der Waals surface area contributed by atoms with E-state index in [1.54, 1.807) is 10.7 Å². The van der Waals surface area contributed by atoms with Crippen molar-refractivity contribution < 1.29 is 4.79 Å². The molecule has 1 aliphatic carbocycles. The van der Waals surface area contributed by atoms with Crippen LogP contribution in [0.4, 0.5) is 0 Å². The second-order valence-corrected chi connectivity index (χ2v) is 8.83. The summed E-state index contributed by atoms with van der Waals surface area (Å²) in [7, 11) is 0. The third-order valence-corrected chi connectivity index (χ3v) is 6.63. The molecule has 1 N–H and O–H groups in total. The van der Waals surface area contributed by atoms with Crippen molar-refractivity contribution in [3.63, 3.8) is 0 Å². The fraction of sp³-hybridized carbons (Fsp3) is 0.296. The zero-order valence-corrected chi connectivity index (χ0v) is 18.9. The molecule has 0 aliphatic heterocycles. The molecule has 0 saturated carbocycles. The van der Waals surface area contributed by atoms with Gasteiger partial charge in [-0.25, -0.2) is 9.50 Å². The first-order chi connectivity index (χ1) is 15.5. The lowest BCUT2D eigenvalue weighted by Gasteiger charge is -2.26. The summed E-state index contributed by atoms with van der Waals surface area (Å²) in [6.45, 7) is 6.16. The van der Waals surface area contributed by atoms with E-state index >= 15 is 0 Å². The summed E-state index contributed by atoms with van der Waals surface area (Å²) < 4.78 is 1.81. The highest BCUT2D eigenvalue weighted by Crippen LogP contribution is 2.30. The van der Waals surface area contributed by atoms with Gasteiger partial charge in [0.25, 0.3) is 5.91 Å². The lowest BCUT2D eigenvalue weighted by molar-refractivity contribution is 0.0934. The summed E-state index contributed by atoms with van der Waals surface area (Å²) in [5.41, 5.74) is 9.30. The van der Waals surface area contributed by atoms with E-state index in [0.717, 1.165) is 42.6 Å². The number of carbonyl (C=O) groups is 1. The number of aryl methyl sites for hydroxylation is 4. The molecule has 1 aliphatic rings. The van der Waals surface area contributed by atoms with Crippen molar-refractivity contribution in [1.29, 1.82) is 0 Å². The largest absolute Gasteiger partial charge is 0.345 e. The van der Waals surface area contributed by atoms with Gasteiger partial charge in [-0.3, -0.25) is 4.79 Å². The first kappa shape index (κ1) is 20.4. The summed E-state index contributed by atoms with van der Waals surface area (Å²) in [6, 6.07) is 17.0. The third kappa shape index (κ3) is 3.68. The first-order valence-electron chi connectivity index (χ1n) is 11.3. The molecule has 2 aromatic heterocycles. The van der Waals surface area contributed by atoms with E-state index in [2.05, 4.69) is 66.7 Å². The van der Waals surface area contributed by atoms with E-state index < -0.39 is 0 Å². The quantitative estimate of drug-likeness (QED) is 0.499.